The first-order chi connectivity index (χ1) is 10.0. The Kier molecular flexibility index (Phi) is 4.74. The third-order valence-corrected chi connectivity index (χ3v) is 3.41. The SMILES string of the molecule is CNc1cc(NCc2c(C)nn(C)c2C)nc(COC)n1. The number of aromatic nitrogens is 4. The minimum Gasteiger partial charge on any atom is -0.377 e. The maximum absolute atomic E-state index is 5.09. The number of methoxy groups -OCH3 is 1. The van der Waals surface area contributed by atoms with Crippen LogP contribution < -0.4 is 10.6 Å². The summed E-state index contributed by atoms with van der Waals surface area (Å²) in [5.74, 6) is 2.18. The fraction of sp³-hybridized carbons (Fsp3) is 0.500. The molecule has 0 fully saturated rings. The maximum Gasteiger partial charge on any atom is 0.158 e. The highest BCUT2D eigenvalue weighted by Gasteiger charge is 2.10. The van der Waals surface area contributed by atoms with E-state index < -0.39 is 0 Å². The Bertz CT molecular complexity index is 622. The van der Waals surface area contributed by atoms with Gasteiger partial charge in [0.15, 0.2) is 5.82 Å². The number of anilines is 2. The first-order valence-corrected chi connectivity index (χ1v) is 6.82. The molecule has 2 rings (SSSR count). The first-order valence-electron chi connectivity index (χ1n) is 6.82. The van der Waals surface area contributed by atoms with Crippen molar-refractivity contribution in [2.45, 2.75) is 27.0 Å². The number of ether oxygens (including phenoxy) is 1. The molecule has 21 heavy (non-hydrogen) atoms. The Labute approximate surface area is 124 Å². The molecule has 2 N–H and O–H groups in total. The zero-order valence-corrected chi connectivity index (χ0v) is 13.2. The molecule has 0 aliphatic rings. The van der Waals surface area contributed by atoms with Gasteiger partial charge in [-0.1, -0.05) is 0 Å². The molecule has 0 spiro atoms. The van der Waals surface area contributed by atoms with Crippen molar-refractivity contribution in [3.63, 3.8) is 0 Å². The molecule has 114 valence electrons. The Morgan fingerprint density at radius 1 is 1.24 bits per heavy atom. The van der Waals surface area contributed by atoms with Crippen LogP contribution >= 0.6 is 0 Å². The molecular formula is C14H22N6O. The molecule has 0 unspecified atom stereocenters. The lowest BCUT2D eigenvalue weighted by molar-refractivity contribution is 0.178. The summed E-state index contributed by atoms with van der Waals surface area (Å²) in [6, 6.07) is 1.88. The number of aryl methyl sites for hydroxylation is 2. The quantitative estimate of drug-likeness (QED) is 0.842. The molecule has 0 atom stereocenters. The van der Waals surface area contributed by atoms with Crippen LogP contribution in [0.15, 0.2) is 6.07 Å². The predicted octanol–water partition coefficient (Wildman–Crippen LogP) is 1.63. The molecule has 2 aromatic heterocycles. The van der Waals surface area contributed by atoms with Crippen LogP contribution in [-0.2, 0) is 24.9 Å². The van der Waals surface area contributed by atoms with Gasteiger partial charge in [-0.05, 0) is 13.8 Å². The Hall–Kier alpha value is -2.15. The standard InChI is InChI=1S/C14H22N6O/c1-9-11(10(2)20(4)19-9)7-16-13-6-12(15-3)17-14(18-13)8-21-5/h6H,7-8H2,1-5H3,(H2,15,16,17,18). The lowest BCUT2D eigenvalue weighted by atomic mass is 10.2. The van der Waals surface area contributed by atoms with Gasteiger partial charge in [0.2, 0.25) is 0 Å². The van der Waals surface area contributed by atoms with E-state index >= 15 is 0 Å². The molecule has 0 aliphatic heterocycles. The monoisotopic (exact) mass is 290 g/mol. The maximum atomic E-state index is 5.09. The molecule has 0 amide bonds. The van der Waals surface area contributed by atoms with Gasteiger partial charge in [-0.3, -0.25) is 4.68 Å². The normalized spacial score (nSPS) is 10.7. The van der Waals surface area contributed by atoms with Crippen LogP contribution in [0.4, 0.5) is 11.6 Å². The highest BCUT2D eigenvalue weighted by atomic mass is 16.5. The van der Waals surface area contributed by atoms with Crippen LogP contribution in [0, 0.1) is 13.8 Å². The molecule has 0 radical (unpaired) electrons. The number of nitrogens with zero attached hydrogens (tertiary/aromatic N) is 4. The molecule has 2 aromatic rings. The van der Waals surface area contributed by atoms with Crippen molar-refractivity contribution in [2.24, 2.45) is 7.05 Å². The topological polar surface area (TPSA) is 76.9 Å². The summed E-state index contributed by atoms with van der Waals surface area (Å²) in [6.07, 6.45) is 0. The summed E-state index contributed by atoms with van der Waals surface area (Å²) in [5, 5.41) is 10.8. The van der Waals surface area contributed by atoms with Gasteiger partial charge in [-0.2, -0.15) is 5.10 Å². The molecule has 0 bridgehead atoms. The van der Waals surface area contributed by atoms with Crippen molar-refractivity contribution < 1.29 is 4.74 Å². The van der Waals surface area contributed by atoms with Crippen molar-refractivity contribution >= 4 is 11.6 Å². The molecule has 7 heteroatoms. The first kappa shape index (κ1) is 15.2. The smallest absolute Gasteiger partial charge is 0.158 e. The van der Waals surface area contributed by atoms with Crippen LogP contribution in [0.5, 0.6) is 0 Å². The van der Waals surface area contributed by atoms with E-state index in [1.807, 2.05) is 31.8 Å². The summed E-state index contributed by atoms with van der Waals surface area (Å²) in [5.41, 5.74) is 3.37. The van der Waals surface area contributed by atoms with Crippen LogP contribution in [0.1, 0.15) is 22.8 Å². The van der Waals surface area contributed by atoms with E-state index in [2.05, 4.69) is 32.6 Å². The van der Waals surface area contributed by atoms with Gasteiger partial charge in [0.05, 0.1) is 5.69 Å². The Balaban J connectivity index is 2.17. The van der Waals surface area contributed by atoms with Gasteiger partial charge in [-0.15, -0.1) is 0 Å². The van der Waals surface area contributed by atoms with Gasteiger partial charge in [0.1, 0.15) is 18.2 Å². The van der Waals surface area contributed by atoms with E-state index in [0.29, 0.717) is 19.0 Å². The van der Waals surface area contributed by atoms with Crippen molar-refractivity contribution in [2.75, 3.05) is 24.8 Å². The molecule has 0 saturated carbocycles. The van der Waals surface area contributed by atoms with Crippen LogP contribution in [0.2, 0.25) is 0 Å². The zero-order valence-electron chi connectivity index (χ0n) is 13.2. The number of hydrogen-bond donors (Lipinski definition) is 2. The van der Waals surface area contributed by atoms with Crippen LogP contribution in [0.3, 0.4) is 0 Å². The fourth-order valence-electron chi connectivity index (χ4n) is 2.16. The summed E-state index contributed by atoms with van der Waals surface area (Å²) in [4.78, 5) is 8.77. The van der Waals surface area contributed by atoms with E-state index in [1.54, 1.807) is 7.11 Å². The Morgan fingerprint density at radius 2 is 1.95 bits per heavy atom. The van der Waals surface area contributed by atoms with Gasteiger partial charge in [-0.25, -0.2) is 9.97 Å². The van der Waals surface area contributed by atoms with E-state index in [9.17, 15) is 0 Å². The fourth-order valence-corrected chi connectivity index (χ4v) is 2.16. The van der Waals surface area contributed by atoms with E-state index in [0.717, 1.165) is 23.0 Å². The highest BCUT2D eigenvalue weighted by molar-refractivity contribution is 5.47. The van der Waals surface area contributed by atoms with Gasteiger partial charge in [0.25, 0.3) is 0 Å². The van der Waals surface area contributed by atoms with Crippen molar-refractivity contribution in [3.05, 3.63) is 28.8 Å². The van der Waals surface area contributed by atoms with E-state index in [1.165, 1.54) is 5.56 Å². The van der Waals surface area contributed by atoms with Crippen LogP contribution in [-0.4, -0.2) is 33.9 Å². The highest BCUT2D eigenvalue weighted by Crippen LogP contribution is 2.16. The van der Waals surface area contributed by atoms with Crippen molar-refractivity contribution in [3.8, 4) is 0 Å². The zero-order chi connectivity index (χ0) is 15.4. The average molecular weight is 290 g/mol. The second-order valence-corrected chi connectivity index (χ2v) is 4.86. The molecule has 2 heterocycles. The summed E-state index contributed by atoms with van der Waals surface area (Å²) in [7, 11) is 5.41. The second kappa shape index (κ2) is 6.53. The minimum absolute atomic E-state index is 0.384. The predicted molar refractivity (Wildman–Crippen MR) is 82.3 cm³/mol. The third-order valence-electron chi connectivity index (χ3n) is 3.41. The van der Waals surface area contributed by atoms with Gasteiger partial charge >= 0.3 is 0 Å². The van der Waals surface area contributed by atoms with Gasteiger partial charge in [0, 0.05) is 45.1 Å². The second-order valence-electron chi connectivity index (χ2n) is 4.86. The molecule has 7 nitrogen and oxygen atoms in total. The largest absolute Gasteiger partial charge is 0.377 e. The van der Waals surface area contributed by atoms with Crippen molar-refractivity contribution in [1.29, 1.82) is 0 Å². The summed E-state index contributed by atoms with van der Waals surface area (Å²) in [6.45, 7) is 5.14. The van der Waals surface area contributed by atoms with Crippen LogP contribution in [0.25, 0.3) is 0 Å². The van der Waals surface area contributed by atoms with E-state index in [-0.39, 0.29) is 0 Å². The minimum atomic E-state index is 0.384. The lowest BCUT2D eigenvalue weighted by Gasteiger charge is -2.10. The summed E-state index contributed by atoms with van der Waals surface area (Å²) >= 11 is 0. The lowest BCUT2D eigenvalue weighted by Crippen LogP contribution is -2.08. The average Bonchev–Trinajstić information content (AvgIpc) is 2.70. The van der Waals surface area contributed by atoms with E-state index in [4.69, 9.17) is 4.74 Å². The molecule has 0 aromatic carbocycles. The Morgan fingerprint density at radius 3 is 2.52 bits per heavy atom. The number of hydrogen-bond acceptors (Lipinski definition) is 6. The molecular weight excluding hydrogens is 268 g/mol. The molecule has 0 saturated heterocycles. The third kappa shape index (κ3) is 3.49. The van der Waals surface area contributed by atoms with Crippen molar-refractivity contribution in [1.82, 2.24) is 19.7 Å². The summed E-state index contributed by atoms with van der Waals surface area (Å²) < 4.78 is 6.98. The van der Waals surface area contributed by atoms with Gasteiger partial charge < -0.3 is 15.4 Å². The number of nitrogens with one attached hydrogen (secondary N) is 2. The number of rotatable bonds is 6. The molecule has 0 aliphatic carbocycles.